The van der Waals surface area contributed by atoms with Crippen LogP contribution in [0.3, 0.4) is 0 Å². The fraction of sp³-hybridized carbons (Fsp3) is 0.200. The Morgan fingerprint density at radius 3 is 2.83 bits per heavy atom. The number of hydrogen-bond acceptors (Lipinski definition) is 5. The van der Waals surface area contributed by atoms with E-state index in [2.05, 4.69) is 20.5 Å². The Morgan fingerprint density at radius 2 is 2.17 bits per heavy atom. The number of aromatic nitrogens is 4. The summed E-state index contributed by atoms with van der Waals surface area (Å²) in [4.78, 5) is 16.6. The molecule has 24 heavy (non-hydrogen) atoms. The molecule has 1 amide bonds. The minimum absolute atomic E-state index is 0.205. The van der Waals surface area contributed by atoms with Gasteiger partial charge in [-0.15, -0.1) is 11.3 Å². The number of H-pyrrole nitrogens is 1. The van der Waals surface area contributed by atoms with Crippen molar-refractivity contribution in [1.29, 1.82) is 0 Å². The van der Waals surface area contributed by atoms with Gasteiger partial charge < -0.3 is 9.88 Å². The molecule has 0 saturated heterocycles. The zero-order valence-electron chi connectivity index (χ0n) is 12.7. The highest BCUT2D eigenvalue weighted by Crippen LogP contribution is 2.25. The normalized spacial score (nSPS) is 10.8. The third-order valence-corrected chi connectivity index (χ3v) is 4.94. The van der Waals surface area contributed by atoms with Crippen LogP contribution >= 0.6 is 35.2 Å². The van der Waals surface area contributed by atoms with E-state index in [1.165, 1.54) is 11.3 Å². The van der Waals surface area contributed by atoms with E-state index in [-0.39, 0.29) is 5.91 Å². The number of thiazole rings is 1. The van der Waals surface area contributed by atoms with Crippen molar-refractivity contribution in [1.82, 2.24) is 25.1 Å². The number of carbonyl (C=O) groups is 1. The molecule has 1 aromatic carbocycles. The van der Waals surface area contributed by atoms with Gasteiger partial charge in [0, 0.05) is 36.0 Å². The monoisotopic (exact) mass is 379 g/mol. The van der Waals surface area contributed by atoms with Crippen molar-refractivity contribution in [2.24, 2.45) is 7.05 Å². The van der Waals surface area contributed by atoms with E-state index in [0.717, 1.165) is 16.4 Å². The molecular formula is C15H14ClN5OS2. The van der Waals surface area contributed by atoms with Crippen molar-refractivity contribution in [3.63, 3.8) is 0 Å². The molecule has 3 rings (SSSR count). The summed E-state index contributed by atoms with van der Waals surface area (Å²) in [6.07, 6.45) is 0.587. The smallest absolute Gasteiger partial charge is 0.270 e. The summed E-state index contributed by atoms with van der Waals surface area (Å²) < 4.78 is 2.34. The molecule has 0 spiro atoms. The molecule has 0 aliphatic carbocycles. The molecule has 0 radical (unpaired) electrons. The lowest BCUT2D eigenvalue weighted by Gasteiger charge is -2.03. The number of aromatic amines is 1. The Balaban J connectivity index is 1.60. The number of halogens is 1. The number of hydrogen-bond donors (Lipinski definition) is 2. The van der Waals surface area contributed by atoms with Gasteiger partial charge >= 0.3 is 0 Å². The Hall–Kier alpha value is -2.03. The predicted molar refractivity (Wildman–Crippen MR) is 97.0 cm³/mol. The van der Waals surface area contributed by atoms with Crippen LogP contribution in [0.1, 0.15) is 16.3 Å². The van der Waals surface area contributed by atoms with Gasteiger partial charge in [0.15, 0.2) is 4.77 Å². The minimum atomic E-state index is -0.205. The van der Waals surface area contributed by atoms with Gasteiger partial charge in [-0.05, 0) is 24.4 Å². The summed E-state index contributed by atoms with van der Waals surface area (Å²) in [6.45, 7) is 0.458. The van der Waals surface area contributed by atoms with Crippen LogP contribution in [0.5, 0.6) is 0 Å². The summed E-state index contributed by atoms with van der Waals surface area (Å²) >= 11 is 12.4. The highest BCUT2D eigenvalue weighted by Gasteiger charge is 2.12. The predicted octanol–water partition coefficient (Wildman–Crippen LogP) is 3.23. The van der Waals surface area contributed by atoms with Gasteiger partial charge in [-0.1, -0.05) is 23.7 Å². The second-order valence-corrected chi connectivity index (χ2v) is 6.74. The van der Waals surface area contributed by atoms with Gasteiger partial charge in [-0.2, -0.15) is 5.10 Å². The van der Waals surface area contributed by atoms with Gasteiger partial charge in [0.05, 0.1) is 0 Å². The summed E-state index contributed by atoms with van der Waals surface area (Å²) in [5, 5.41) is 12.9. The van der Waals surface area contributed by atoms with Gasteiger partial charge in [0.25, 0.3) is 5.91 Å². The standard InChI is InChI=1S/C15H14ClN5OS2/c1-21-12(19-20-15(21)23)6-7-17-13(22)11-8-24-14(18-11)9-2-4-10(16)5-3-9/h2-5,8H,6-7H2,1H3,(H,17,22)(H,20,23). The summed E-state index contributed by atoms with van der Waals surface area (Å²) in [6, 6.07) is 7.37. The molecule has 0 unspecified atom stereocenters. The average molecular weight is 380 g/mol. The zero-order chi connectivity index (χ0) is 17.1. The van der Waals surface area contributed by atoms with Crippen LogP contribution in [0.15, 0.2) is 29.6 Å². The van der Waals surface area contributed by atoms with Crippen molar-refractivity contribution < 1.29 is 4.79 Å². The first kappa shape index (κ1) is 16.8. The third kappa shape index (κ3) is 3.72. The van der Waals surface area contributed by atoms with E-state index >= 15 is 0 Å². The number of rotatable bonds is 5. The topological polar surface area (TPSA) is 75.6 Å². The second kappa shape index (κ2) is 7.25. The lowest BCUT2D eigenvalue weighted by molar-refractivity contribution is 0.0949. The summed E-state index contributed by atoms with van der Waals surface area (Å²) in [5.74, 6) is 0.587. The highest BCUT2D eigenvalue weighted by atomic mass is 35.5. The SMILES string of the molecule is Cn1c(CCNC(=O)c2csc(-c3ccc(Cl)cc3)n2)n[nH]c1=S. The van der Waals surface area contributed by atoms with E-state index in [0.29, 0.717) is 28.5 Å². The Labute approximate surface area is 152 Å². The molecule has 124 valence electrons. The van der Waals surface area contributed by atoms with Crippen LogP contribution in [0.4, 0.5) is 0 Å². The molecular weight excluding hydrogens is 366 g/mol. The number of amides is 1. The Kier molecular flexibility index (Phi) is 5.08. The summed E-state index contributed by atoms with van der Waals surface area (Å²) in [5.41, 5.74) is 1.34. The van der Waals surface area contributed by atoms with Crippen molar-refractivity contribution in [3.8, 4) is 10.6 Å². The van der Waals surface area contributed by atoms with Gasteiger partial charge in [-0.25, -0.2) is 4.98 Å². The first-order valence-corrected chi connectivity index (χ1v) is 8.81. The van der Waals surface area contributed by atoms with Crippen LogP contribution in [0, 0.1) is 4.77 Å². The van der Waals surface area contributed by atoms with E-state index in [4.69, 9.17) is 23.8 Å². The maximum atomic E-state index is 12.2. The van der Waals surface area contributed by atoms with E-state index < -0.39 is 0 Å². The maximum absolute atomic E-state index is 12.2. The second-order valence-electron chi connectivity index (χ2n) is 5.05. The van der Waals surface area contributed by atoms with E-state index in [9.17, 15) is 4.79 Å². The van der Waals surface area contributed by atoms with Crippen molar-refractivity contribution in [2.75, 3.05) is 6.54 Å². The highest BCUT2D eigenvalue weighted by molar-refractivity contribution is 7.71. The quantitative estimate of drug-likeness (QED) is 0.667. The molecule has 0 atom stereocenters. The molecule has 2 N–H and O–H groups in total. The van der Waals surface area contributed by atoms with Gasteiger partial charge in [0.1, 0.15) is 16.5 Å². The van der Waals surface area contributed by atoms with Crippen molar-refractivity contribution in [2.45, 2.75) is 6.42 Å². The molecule has 0 bridgehead atoms. The van der Waals surface area contributed by atoms with Crippen molar-refractivity contribution in [3.05, 3.63) is 51.0 Å². The van der Waals surface area contributed by atoms with E-state index in [1.54, 1.807) is 22.1 Å². The fourth-order valence-corrected chi connectivity index (χ4v) is 3.17. The molecule has 6 nitrogen and oxygen atoms in total. The molecule has 0 aliphatic rings. The Bertz CT molecular complexity index is 913. The molecule has 3 aromatic rings. The molecule has 9 heteroatoms. The molecule has 0 fully saturated rings. The van der Waals surface area contributed by atoms with Gasteiger partial charge in [0.2, 0.25) is 0 Å². The largest absolute Gasteiger partial charge is 0.350 e. The molecule has 0 aliphatic heterocycles. The summed E-state index contributed by atoms with van der Waals surface area (Å²) in [7, 11) is 1.84. The maximum Gasteiger partial charge on any atom is 0.270 e. The lowest BCUT2D eigenvalue weighted by atomic mass is 10.2. The van der Waals surface area contributed by atoms with Gasteiger partial charge in [-0.3, -0.25) is 9.89 Å². The first-order chi connectivity index (χ1) is 11.5. The molecule has 2 heterocycles. The van der Waals surface area contributed by atoms with Crippen LogP contribution < -0.4 is 5.32 Å². The zero-order valence-corrected chi connectivity index (χ0v) is 15.1. The third-order valence-electron chi connectivity index (χ3n) is 3.43. The van der Waals surface area contributed by atoms with E-state index in [1.807, 2.05) is 19.2 Å². The average Bonchev–Trinajstić information content (AvgIpc) is 3.18. The number of nitrogens with zero attached hydrogens (tertiary/aromatic N) is 3. The Morgan fingerprint density at radius 1 is 1.42 bits per heavy atom. The first-order valence-electron chi connectivity index (χ1n) is 7.14. The molecule has 2 aromatic heterocycles. The van der Waals surface area contributed by atoms with Crippen LogP contribution in [0.2, 0.25) is 5.02 Å². The van der Waals surface area contributed by atoms with Crippen molar-refractivity contribution >= 4 is 41.1 Å². The number of benzene rings is 1. The van der Waals surface area contributed by atoms with Crippen LogP contribution in [0.25, 0.3) is 10.6 Å². The van der Waals surface area contributed by atoms with Crippen LogP contribution in [-0.2, 0) is 13.5 Å². The fourth-order valence-electron chi connectivity index (χ4n) is 2.08. The number of carbonyl (C=O) groups excluding carboxylic acids is 1. The lowest BCUT2D eigenvalue weighted by Crippen LogP contribution is -2.26. The van der Waals surface area contributed by atoms with Crippen LogP contribution in [-0.4, -0.2) is 32.2 Å². The minimum Gasteiger partial charge on any atom is -0.350 e. The molecule has 0 saturated carbocycles. The number of nitrogens with one attached hydrogen (secondary N) is 2.